The van der Waals surface area contributed by atoms with Gasteiger partial charge in [0.2, 0.25) is 11.8 Å². The molecule has 1 aromatic heterocycles. The molecule has 0 radical (unpaired) electrons. The van der Waals surface area contributed by atoms with Crippen molar-refractivity contribution in [2.75, 3.05) is 26.0 Å². The third-order valence-electron chi connectivity index (χ3n) is 4.51. The predicted octanol–water partition coefficient (Wildman–Crippen LogP) is -0.0255. The zero-order chi connectivity index (χ0) is 19.7. The molecule has 3 N–H and O–H groups in total. The standard InChI is InChI=1S/C18H23N5O4/c1-10-19-11-5-4-6-12(20-15(25)9-22(2)3)16(11)18(27)23(10)13-7-8-14(24)21-17(13)26/h4-6,13,17,26H,7-9H2,1-3H3,(H,20,25)(H,21,24). The fourth-order valence-electron chi connectivity index (χ4n) is 3.37. The monoisotopic (exact) mass is 373 g/mol. The van der Waals surface area contributed by atoms with Crippen LogP contribution in [0.5, 0.6) is 0 Å². The Labute approximate surface area is 156 Å². The number of benzene rings is 1. The number of aliphatic hydroxyl groups excluding tert-OH is 1. The molecule has 2 atom stereocenters. The fourth-order valence-corrected chi connectivity index (χ4v) is 3.37. The zero-order valence-electron chi connectivity index (χ0n) is 15.5. The zero-order valence-corrected chi connectivity index (χ0v) is 15.5. The van der Waals surface area contributed by atoms with Crippen molar-refractivity contribution in [2.45, 2.75) is 32.0 Å². The molecule has 1 fully saturated rings. The number of aryl methyl sites for hydroxylation is 1. The van der Waals surface area contributed by atoms with E-state index >= 15 is 0 Å². The van der Waals surface area contributed by atoms with E-state index in [4.69, 9.17) is 0 Å². The third-order valence-corrected chi connectivity index (χ3v) is 4.51. The van der Waals surface area contributed by atoms with Gasteiger partial charge in [-0.3, -0.25) is 19.0 Å². The second-order valence-corrected chi connectivity index (χ2v) is 6.94. The van der Waals surface area contributed by atoms with Crippen LogP contribution in [0.15, 0.2) is 23.0 Å². The van der Waals surface area contributed by atoms with Gasteiger partial charge in [0, 0.05) is 6.42 Å². The minimum Gasteiger partial charge on any atom is -0.372 e. The maximum Gasteiger partial charge on any atom is 0.263 e. The molecule has 0 aliphatic carbocycles. The summed E-state index contributed by atoms with van der Waals surface area (Å²) in [5, 5.41) is 15.7. The average Bonchev–Trinajstić information content (AvgIpc) is 2.55. The topological polar surface area (TPSA) is 117 Å². The third kappa shape index (κ3) is 3.83. The Bertz CT molecular complexity index is 953. The van der Waals surface area contributed by atoms with Gasteiger partial charge in [-0.1, -0.05) is 6.07 Å². The van der Waals surface area contributed by atoms with Crippen LogP contribution >= 0.6 is 0 Å². The molecule has 27 heavy (non-hydrogen) atoms. The van der Waals surface area contributed by atoms with E-state index in [0.29, 0.717) is 23.4 Å². The number of amides is 2. The quantitative estimate of drug-likeness (QED) is 0.693. The molecule has 3 rings (SSSR count). The van der Waals surface area contributed by atoms with Crippen LogP contribution in [-0.2, 0) is 9.59 Å². The Hall–Kier alpha value is -2.78. The van der Waals surface area contributed by atoms with Crippen molar-refractivity contribution in [3.05, 3.63) is 34.4 Å². The first-order chi connectivity index (χ1) is 12.8. The summed E-state index contributed by atoms with van der Waals surface area (Å²) in [6.07, 6.45) is -0.624. The highest BCUT2D eigenvalue weighted by Gasteiger charge is 2.31. The second kappa shape index (κ2) is 7.45. The molecule has 0 bridgehead atoms. The molecule has 2 aromatic rings. The van der Waals surface area contributed by atoms with Gasteiger partial charge in [0.25, 0.3) is 5.56 Å². The van der Waals surface area contributed by atoms with E-state index in [1.807, 2.05) is 0 Å². The summed E-state index contributed by atoms with van der Waals surface area (Å²) in [5.74, 6) is -0.0664. The normalized spacial score (nSPS) is 20.0. The lowest BCUT2D eigenvalue weighted by Gasteiger charge is -2.31. The number of carbonyl (C=O) groups excluding carboxylic acids is 2. The number of aromatic nitrogens is 2. The molecule has 1 saturated heterocycles. The lowest BCUT2D eigenvalue weighted by atomic mass is 10.0. The van der Waals surface area contributed by atoms with Crippen LogP contribution in [0.2, 0.25) is 0 Å². The summed E-state index contributed by atoms with van der Waals surface area (Å²) in [4.78, 5) is 43.1. The number of likely N-dealkylation sites (N-methyl/N-ethyl adjacent to an activating group) is 1. The van der Waals surface area contributed by atoms with Gasteiger partial charge >= 0.3 is 0 Å². The van der Waals surface area contributed by atoms with E-state index in [-0.39, 0.29) is 35.7 Å². The van der Waals surface area contributed by atoms with E-state index in [1.54, 1.807) is 44.1 Å². The van der Waals surface area contributed by atoms with Gasteiger partial charge in [0.1, 0.15) is 12.1 Å². The number of carbonyl (C=O) groups is 2. The molecule has 1 aliphatic heterocycles. The number of nitrogens with zero attached hydrogens (tertiary/aromatic N) is 3. The van der Waals surface area contributed by atoms with Crippen molar-refractivity contribution >= 4 is 28.4 Å². The first-order valence-corrected chi connectivity index (χ1v) is 8.72. The van der Waals surface area contributed by atoms with E-state index < -0.39 is 12.3 Å². The van der Waals surface area contributed by atoms with Crippen molar-refractivity contribution in [1.82, 2.24) is 19.8 Å². The summed E-state index contributed by atoms with van der Waals surface area (Å²) in [6, 6.07) is 4.46. The molecular formula is C18H23N5O4. The van der Waals surface area contributed by atoms with Crippen LogP contribution in [0, 0.1) is 6.92 Å². The number of rotatable bonds is 4. The van der Waals surface area contributed by atoms with Crippen molar-refractivity contribution < 1.29 is 14.7 Å². The first kappa shape index (κ1) is 19.0. The molecule has 0 saturated carbocycles. The molecule has 9 nitrogen and oxygen atoms in total. The number of hydrogen-bond acceptors (Lipinski definition) is 6. The van der Waals surface area contributed by atoms with Crippen molar-refractivity contribution in [1.29, 1.82) is 0 Å². The van der Waals surface area contributed by atoms with E-state index in [2.05, 4.69) is 15.6 Å². The van der Waals surface area contributed by atoms with Crippen LogP contribution < -0.4 is 16.2 Å². The van der Waals surface area contributed by atoms with Crippen LogP contribution in [0.4, 0.5) is 5.69 Å². The highest BCUT2D eigenvalue weighted by molar-refractivity contribution is 6.01. The Morgan fingerprint density at radius 3 is 2.81 bits per heavy atom. The van der Waals surface area contributed by atoms with Gasteiger partial charge in [0.15, 0.2) is 0 Å². The van der Waals surface area contributed by atoms with Crippen molar-refractivity contribution in [2.24, 2.45) is 0 Å². The molecule has 1 aliphatic rings. The van der Waals surface area contributed by atoms with Gasteiger partial charge < -0.3 is 20.6 Å². The van der Waals surface area contributed by atoms with Crippen LogP contribution in [0.1, 0.15) is 24.7 Å². The summed E-state index contributed by atoms with van der Waals surface area (Å²) in [7, 11) is 3.55. The molecule has 1 aromatic carbocycles. The smallest absolute Gasteiger partial charge is 0.263 e. The van der Waals surface area contributed by atoms with E-state index in [1.165, 1.54) is 4.57 Å². The molecule has 9 heteroatoms. The summed E-state index contributed by atoms with van der Waals surface area (Å²) in [5.41, 5.74) is 0.476. The summed E-state index contributed by atoms with van der Waals surface area (Å²) < 4.78 is 1.40. The fraction of sp³-hybridized carbons (Fsp3) is 0.444. The molecule has 2 heterocycles. The van der Waals surface area contributed by atoms with Gasteiger partial charge in [-0.15, -0.1) is 0 Å². The number of piperidine rings is 1. The number of nitrogens with one attached hydrogen (secondary N) is 2. The maximum atomic E-state index is 13.2. The molecule has 2 unspecified atom stereocenters. The first-order valence-electron chi connectivity index (χ1n) is 8.72. The average molecular weight is 373 g/mol. The van der Waals surface area contributed by atoms with Crippen molar-refractivity contribution in [3.63, 3.8) is 0 Å². The van der Waals surface area contributed by atoms with Crippen molar-refractivity contribution in [3.8, 4) is 0 Å². The Morgan fingerprint density at radius 2 is 2.15 bits per heavy atom. The molecule has 0 spiro atoms. The van der Waals surface area contributed by atoms with Gasteiger partial charge in [0.05, 0.1) is 29.2 Å². The van der Waals surface area contributed by atoms with Gasteiger partial charge in [-0.25, -0.2) is 4.98 Å². The van der Waals surface area contributed by atoms with E-state index in [9.17, 15) is 19.5 Å². The molecular weight excluding hydrogens is 350 g/mol. The Kier molecular flexibility index (Phi) is 5.24. The largest absolute Gasteiger partial charge is 0.372 e. The van der Waals surface area contributed by atoms with Crippen LogP contribution in [-0.4, -0.2) is 58.2 Å². The van der Waals surface area contributed by atoms with Crippen LogP contribution in [0.3, 0.4) is 0 Å². The number of hydrogen-bond donors (Lipinski definition) is 3. The highest BCUT2D eigenvalue weighted by Crippen LogP contribution is 2.24. The number of aliphatic hydroxyl groups is 1. The lowest BCUT2D eigenvalue weighted by Crippen LogP contribution is -2.48. The lowest BCUT2D eigenvalue weighted by molar-refractivity contribution is -0.128. The van der Waals surface area contributed by atoms with Gasteiger partial charge in [-0.05, 0) is 39.6 Å². The SMILES string of the molecule is Cc1nc2cccc(NC(=O)CN(C)C)c2c(=O)n1C1CCC(=O)NC1O. The molecule has 144 valence electrons. The number of fused-ring (bicyclic) bond motifs is 1. The minimum atomic E-state index is -1.17. The minimum absolute atomic E-state index is 0.178. The van der Waals surface area contributed by atoms with Crippen LogP contribution in [0.25, 0.3) is 10.9 Å². The summed E-state index contributed by atoms with van der Waals surface area (Å²) in [6.45, 7) is 1.86. The van der Waals surface area contributed by atoms with Gasteiger partial charge in [-0.2, -0.15) is 0 Å². The summed E-state index contributed by atoms with van der Waals surface area (Å²) >= 11 is 0. The Morgan fingerprint density at radius 1 is 1.41 bits per heavy atom. The number of anilines is 1. The highest BCUT2D eigenvalue weighted by atomic mass is 16.3. The second-order valence-electron chi connectivity index (χ2n) is 6.94. The van der Waals surface area contributed by atoms with E-state index in [0.717, 1.165) is 0 Å². The maximum absolute atomic E-state index is 13.2. The molecule has 2 amide bonds. The predicted molar refractivity (Wildman–Crippen MR) is 100 cm³/mol. The Balaban J connectivity index is 2.09.